The molecule has 1 aliphatic rings. The molecule has 1 aliphatic heterocycles. The van der Waals surface area contributed by atoms with Gasteiger partial charge in [-0.2, -0.15) is 5.10 Å². The van der Waals surface area contributed by atoms with E-state index in [1.807, 2.05) is 36.0 Å². The molecule has 8 nitrogen and oxygen atoms in total. The maximum atomic E-state index is 5.63. The van der Waals surface area contributed by atoms with E-state index in [0.29, 0.717) is 0 Å². The summed E-state index contributed by atoms with van der Waals surface area (Å²) in [4.78, 5) is 11.2. The molecular formula is C18H19N7O. The molecule has 8 heteroatoms. The van der Waals surface area contributed by atoms with Crippen LogP contribution in [-0.4, -0.2) is 55.6 Å². The van der Waals surface area contributed by atoms with Crippen LogP contribution in [0.25, 0.3) is 27.9 Å². The lowest BCUT2D eigenvalue weighted by molar-refractivity contribution is 0.0529. The second-order valence-corrected chi connectivity index (χ2v) is 6.68. The van der Waals surface area contributed by atoms with Crippen molar-refractivity contribution in [3.05, 3.63) is 36.3 Å². The fourth-order valence-electron chi connectivity index (χ4n) is 3.42. The lowest BCUT2D eigenvalue weighted by Crippen LogP contribution is -2.41. The highest BCUT2D eigenvalue weighted by molar-refractivity contribution is 5.82. The number of rotatable bonds is 2. The first-order valence-corrected chi connectivity index (χ1v) is 8.71. The summed E-state index contributed by atoms with van der Waals surface area (Å²) in [5.41, 5.74) is 4.41. The van der Waals surface area contributed by atoms with E-state index in [0.717, 1.165) is 59.1 Å². The smallest absolute Gasteiger partial charge is 0.181 e. The van der Waals surface area contributed by atoms with Crippen molar-refractivity contribution in [1.82, 2.24) is 29.8 Å². The van der Waals surface area contributed by atoms with E-state index >= 15 is 0 Å². The van der Waals surface area contributed by atoms with Crippen LogP contribution in [0, 0.1) is 6.92 Å². The van der Waals surface area contributed by atoms with Gasteiger partial charge in [-0.3, -0.25) is 5.10 Å². The van der Waals surface area contributed by atoms with Crippen LogP contribution in [0.4, 0.5) is 5.82 Å². The van der Waals surface area contributed by atoms with Crippen molar-refractivity contribution in [2.75, 3.05) is 24.6 Å². The first-order valence-electron chi connectivity index (χ1n) is 8.71. The van der Waals surface area contributed by atoms with Gasteiger partial charge in [0, 0.05) is 35.9 Å². The highest BCUT2D eigenvalue weighted by Crippen LogP contribution is 2.25. The Labute approximate surface area is 149 Å². The predicted molar refractivity (Wildman–Crippen MR) is 98.2 cm³/mol. The Morgan fingerprint density at radius 1 is 1.23 bits per heavy atom. The maximum absolute atomic E-state index is 5.63. The van der Waals surface area contributed by atoms with Crippen molar-refractivity contribution >= 4 is 22.5 Å². The van der Waals surface area contributed by atoms with Crippen molar-refractivity contribution in [1.29, 1.82) is 0 Å². The molecule has 0 aliphatic carbocycles. The van der Waals surface area contributed by atoms with Gasteiger partial charge in [0.15, 0.2) is 11.3 Å². The molecule has 0 unspecified atom stereocenters. The number of nitrogens with zero attached hydrogens (tertiary/aromatic N) is 6. The zero-order valence-corrected chi connectivity index (χ0v) is 14.7. The Hall–Kier alpha value is -3.00. The predicted octanol–water partition coefficient (Wildman–Crippen LogP) is 2.20. The van der Waals surface area contributed by atoms with Crippen molar-refractivity contribution in [2.45, 2.75) is 20.0 Å². The van der Waals surface area contributed by atoms with Gasteiger partial charge in [-0.25, -0.2) is 14.5 Å². The van der Waals surface area contributed by atoms with Gasteiger partial charge in [0.25, 0.3) is 0 Å². The van der Waals surface area contributed by atoms with Crippen LogP contribution in [0.3, 0.4) is 0 Å². The first-order chi connectivity index (χ1) is 12.7. The number of anilines is 1. The molecule has 1 atom stereocenters. The minimum Gasteiger partial charge on any atom is -0.375 e. The van der Waals surface area contributed by atoms with Crippen LogP contribution < -0.4 is 4.90 Å². The molecule has 0 saturated carbocycles. The van der Waals surface area contributed by atoms with Crippen LogP contribution >= 0.6 is 0 Å². The summed E-state index contributed by atoms with van der Waals surface area (Å²) in [6, 6.07) is 6.10. The summed E-state index contributed by atoms with van der Waals surface area (Å²) >= 11 is 0. The minimum absolute atomic E-state index is 0.208. The van der Waals surface area contributed by atoms with Crippen LogP contribution in [0.5, 0.6) is 0 Å². The van der Waals surface area contributed by atoms with E-state index in [2.05, 4.69) is 38.1 Å². The molecule has 0 spiro atoms. The normalized spacial score (nSPS) is 18.1. The Morgan fingerprint density at radius 2 is 2.15 bits per heavy atom. The molecule has 0 amide bonds. The fourth-order valence-corrected chi connectivity index (χ4v) is 3.42. The van der Waals surface area contributed by atoms with E-state index in [-0.39, 0.29) is 6.10 Å². The average Bonchev–Trinajstić information content (AvgIpc) is 3.25. The molecule has 132 valence electrons. The minimum atomic E-state index is 0.208. The molecule has 26 heavy (non-hydrogen) atoms. The molecule has 4 aromatic heterocycles. The van der Waals surface area contributed by atoms with Crippen LogP contribution in [-0.2, 0) is 4.74 Å². The van der Waals surface area contributed by atoms with Gasteiger partial charge in [-0.1, -0.05) is 0 Å². The van der Waals surface area contributed by atoms with Gasteiger partial charge in [-0.05, 0) is 32.0 Å². The second-order valence-electron chi connectivity index (χ2n) is 6.68. The van der Waals surface area contributed by atoms with Gasteiger partial charge < -0.3 is 9.64 Å². The number of aromatic amines is 1. The third-order valence-electron chi connectivity index (χ3n) is 4.81. The van der Waals surface area contributed by atoms with Crippen LogP contribution in [0.15, 0.2) is 30.6 Å². The summed E-state index contributed by atoms with van der Waals surface area (Å²) in [7, 11) is 0. The van der Waals surface area contributed by atoms with E-state index < -0.39 is 0 Å². The zero-order valence-electron chi connectivity index (χ0n) is 14.7. The molecule has 1 saturated heterocycles. The topological polar surface area (TPSA) is 84.2 Å². The fraction of sp³-hybridized carbons (Fsp3) is 0.333. The molecule has 4 aromatic rings. The monoisotopic (exact) mass is 349 g/mol. The molecule has 5 heterocycles. The molecule has 0 radical (unpaired) electrons. The van der Waals surface area contributed by atoms with E-state index in [4.69, 9.17) is 9.84 Å². The quantitative estimate of drug-likeness (QED) is 0.597. The highest BCUT2D eigenvalue weighted by Gasteiger charge is 2.19. The van der Waals surface area contributed by atoms with Crippen molar-refractivity contribution < 1.29 is 4.74 Å². The van der Waals surface area contributed by atoms with Crippen LogP contribution in [0.1, 0.15) is 12.6 Å². The Morgan fingerprint density at radius 3 is 3.04 bits per heavy atom. The first kappa shape index (κ1) is 15.3. The maximum Gasteiger partial charge on any atom is 0.181 e. The van der Waals surface area contributed by atoms with Gasteiger partial charge in [0.1, 0.15) is 5.82 Å². The van der Waals surface area contributed by atoms with Crippen molar-refractivity contribution in [3.8, 4) is 11.3 Å². The third kappa shape index (κ3) is 2.41. The Bertz CT molecular complexity index is 1100. The zero-order chi connectivity index (χ0) is 17.7. The number of aryl methyl sites for hydroxylation is 1. The number of nitrogens with one attached hydrogen (secondary N) is 1. The van der Waals surface area contributed by atoms with Gasteiger partial charge in [0.05, 0.1) is 24.6 Å². The lowest BCUT2D eigenvalue weighted by Gasteiger charge is -2.31. The van der Waals surface area contributed by atoms with E-state index in [9.17, 15) is 0 Å². The molecule has 0 aromatic carbocycles. The molecule has 5 rings (SSSR count). The number of morpholine rings is 1. The number of H-pyrrole nitrogens is 1. The van der Waals surface area contributed by atoms with Gasteiger partial charge >= 0.3 is 0 Å². The SMILES string of the molecule is Cc1[nH]nc2ncc(-c3cnc4ccc(N5CCO[C@@H](C)C5)nn34)cc12. The molecule has 0 bridgehead atoms. The summed E-state index contributed by atoms with van der Waals surface area (Å²) in [5.74, 6) is 0.931. The number of hydrogen-bond acceptors (Lipinski definition) is 6. The number of ether oxygens (including phenoxy) is 1. The Kier molecular flexibility index (Phi) is 3.39. The number of imidazole rings is 1. The summed E-state index contributed by atoms with van der Waals surface area (Å²) in [6.45, 7) is 6.48. The average molecular weight is 349 g/mol. The second kappa shape index (κ2) is 5.77. The number of hydrogen-bond donors (Lipinski definition) is 1. The Balaban J connectivity index is 1.60. The number of pyridine rings is 1. The standard InChI is InChI=1S/C18H19N7O/c1-11-10-24(5-6-26-11)17-4-3-16-19-9-15(25(16)23-17)13-7-14-12(2)21-22-18(14)20-8-13/h3-4,7-9,11H,5-6,10H2,1-2H3,(H,20,21,22)/t11-/m0/s1. The van der Waals surface area contributed by atoms with Gasteiger partial charge in [-0.15, -0.1) is 5.10 Å². The van der Waals surface area contributed by atoms with E-state index in [1.54, 1.807) is 0 Å². The molecular weight excluding hydrogens is 330 g/mol. The third-order valence-corrected chi connectivity index (χ3v) is 4.81. The summed E-state index contributed by atoms with van der Waals surface area (Å²) in [6.07, 6.45) is 3.86. The largest absolute Gasteiger partial charge is 0.375 e. The van der Waals surface area contributed by atoms with Gasteiger partial charge in [0.2, 0.25) is 0 Å². The molecule has 1 fully saturated rings. The van der Waals surface area contributed by atoms with E-state index in [1.165, 1.54) is 0 Å². The summed E-state index contributed by atoms with van der Waals surface area (Å²) < 4.78 is 7.52. The number of fused-ring (bicyclic) bond motifs is 2. The van der Waals surface area contributed by atoms with Crippen LogP contribution in [0.2, 0.25) is 0 Å². The highest BCUT2D eigenvalue weighted by atomic mass is 16.5. The summed E-state index contributed by atoms with van der Waals surface area (Å²) in [5, 5.41) is 13.0. The lowest BCUT2D eigenvalue weighted by atomic mass is 10.1. The van der Waals surface area contributed by atoms with Crippen molar-refractivity contribution in [2.24, 2.45) is 0 Å². The van der Waals surface area contributed by atoms with Crippen molar-refractivity contribution in [3.63, 3.8) is 0 Å². The number of aromatic nitrogens is 6. The molecule has 1 N–H and O–H groups in total.